The summed E-state index contributed by atoms with van der Waals surface area (Å²) in [5.74, 6) is 0. The van der Waals surface area contributed by atoms with E-state index < -0.39 is 9.04 Å². The van der Waals surface area contributed by atoms with E-state index >= 15 is 0 Å². The molecule has 0 N–H and O–H groups in total. The lowest BCUT2D eigenvalue weighted by atomic mass is 10.2. The third-order valence-electron chi connectivity index (χ3n) is 3.05. The van der Waals surface area contributed by atoms with E-state index in [1.807, 2.05) is 23.9 Å². The molecule has 1 aromatic carbocycles. The Kier molecular flexibility index (Phi) is 6.30. The molecule has 4 heteroatoms. The van der Waals surface area contributed by atoms with E-state index in [9.17, 15) is 0 Å². The number of benzene rings is 1. The Bertz CT molecular complexity index is 365. The van der Waals surface area contributed by atoms with Gasteiger partial charge >= 0.3 is 0 Å². The van der Waals surface area contributed by atoms with Crippen LogP contribution in [0.4, 0.5) is 0 Å². The fourth-order valence-electron chi connectivity index (χ4n) is 1.81. The first kappa shape index (κ1) is 14.5. The summed E-state index contributed by atoms with van der Waals surface area (Å²) in [4.78, 5) is 0. The SMILES string of the molecule is C=C[SiH](CCCOCC1CO1)OCc1ccccc1. The molecule has 1 heterocycles. The largest absolute Gasteiger partial charge is 0.412 e. The van der Waals surface area contributed by atoms with Crippen molar-refractivity contribution in [3.8, 4) is 0 Å². The minimum absolute atomic E-state index is 0.363. The van der Waals surface area contributed by atoms with Gasteiger partial charge in [-0.1, -0.05) is 36.0 Å². The number of ether oxygens (including phenoxy) is 2. The Morgan fingerprint density at radius 2 is 2.16 bits per heavy atom. The van der Waals surface area contributed by atoms with Gasteiger partial charge in [0.1, 0.15) is 6.10 Å². The molecule has 2 atom stereocenters. The first-order chi connectivity index (χ1) is 9.38. The zero-order valence-electron chi connectivity index (χ0n) is 11.3. The Morgan fingerprint density at radius 3 is 2.84 bits per heavy atom. The lowest BCUT2D eigenvalue weighted by Crippen LogP contribution is -2.16. The van der Waals surface area contributed by atoms with Crippen molar-refractivity contribution in [2.24, 2.45) is 0 Å². The summed E-state index contributed by atoms with van der Waals surface area (Å²) in [5, 5.41) is 0. The summed E-state index contributed by atoms with van der Waals surface area (Å²) in [6.45, 7) is 6.99. The second kappa shape index (κ2) is 8.27. The Hall–Kier alpha value is -0.943. The maximum Gasteiger partial charge on any atom is 0.201 e. The van der Waals surface area contributed by atoms with E-state index in [0.717, 1.165) is 32.3 Å². The lowest BCUT2D eigenvalue weighted by molar-refractivity contribution is 0.116. The first-order valence-corrected chi connectivity index (χ1v) is 8.81. The van der Waals surface area contributed by atoms with Crippen LogP contribution >= 0.6 is 0 Å². The lowest BCUT2D eigenvalue weighted by Gasteiger charge is -2.12. The van der Waals surface area contributed by atoms with Gasteiger partial charge in [-0.05, 0) is 18.0 Å². The van der Waals surface area contributed by atoms with Crippen LogP contribution in [0.15, 0.2) is 42.6 Å². The van der Waals surface area contributed by atoms with E-state index in [1.165, 1.54) is 5.56 Å². The van der Waals surface area contributed by atoms with Crippen molar-refractivity contribution in [3.05, 3.63) is 48.2 Å². The number of hydrogen-bond donors (Lipinski definition) is 0. The van der Waals surface area contributed by atoms with Crippen LogP contribution in [0.2, 0.25) is 6.04 Å². The third kappa shape index (κ3) is 6.16. The van der Waals surface area contributed by atoms with Crippen LogP contribution in [-0.2, 0) is 20.5 Å². The molecule has 1 aromatic rings. The Morgan fingerprint density at radius 1 is 1.37 bits per heavy atom. The Labute approximate surface area is 116 Å². The fraction of sp³-hybridized carbons (Fsp3) is 0.467. The van der Waals surface area contributed by atoms with Crippen LogP contribution in [0, 0.1) is 0 Å². The van der Waals surface area contributed by atoms with Gasteiger partial charge in [-0.2, -0.15) is 0 Å². The summed E-state index contributed by atoms with van der Waals surface area (Å²) in [6.07, 6.45) is 1.41. The predicted molar refractivity (Wildman–Crippen MR) is 78.6 cm³/mol. The average Bonchev–Trinajstić information content (AvgIpc) is 3.27. The van der Waals surface area contributed by atoms with Gasteiger partial charge in [-0.15, -0.1) is 6.58 Å². The van der Waals surface area contributed by atoms with Crippen molar-refractivity contribution < 1.29 is 13.9 Å². The zero-order chi connectivity index (χ0) is 13.3. The van der Waals surface area contributed by atoms with E-state index in [0.29, 0.717) is 12.7 Å². The van der Waals surface area contributed by atoms with Gasteiger partial charge in [0.05, 0.1) is 19.8 Å². The standard InChI is InChI=1S/C15H22O3Si/c1-2-19(10-6-9-16-12-15-13-17-15)18-11-14-7-4-3-5-8-14/h2-5,7-8,15,19H,1,6,9-13H2. The number of epoxide rings is 1. The van der Waals surface area contributed by atoms with Crippen LogP contribution in [0.3, 0.4) is 0 Å². The van der Waals surface area contributed by atoms with E-state index in [1.54, 1.807) is 0 Å². The van der Waals surface area contributed by atoms with E-state index in [-0.39, 0.29) is 0 Å². The molecule has 0 aromatic heterocycles. The first-order valence-electron chi connectivity index (χ1n) is 6.86. The number of rotatable bonds is 10. The van der Waals surface area contributed by atoms with E-state index in [2.05, 4.69) is 18.7 Å². The molecule has 0 saturated carbocycles. The molecule has 2 rings (SSSR count). The monoisotopic (exact) mass is 278 g/mol. The van der Waals surface area contributed by atoms with Crippen molar-refractivity contribution in [1.82, 2.24) is 0 Å². The topological polar surface area (TPSA) is 31.0 Å². The van der Waals surface area contributed by atoms with Crippen LogP contribution in [-0.4, -0.2) is 35.0 Å². The second-order valence-electron chi connectivity index (χ2n) is 4.74. The van der Waals surface area contributed by atoms with E-state index in [4.69, 9.17) is 13.9 Å². The zero-order valence-corrected chi connectivity index (χ0v) is 12.4. The molecule has 1 aliphatic heterocycles. The van der Waals surface area contributed by atoms with Gasteiger partial charge < -0.3 is 13.9 Å². The maximum absolute atomic E-state index is 5.96. The van der Waals surface area contributed by atoms with Gasteiger partial charge in [0.15, 0.2) is 0 Å². The predicted octanol–water partition coefficient (Wildman–Crippen LogP) is 2.46. The summed E-state index contributed by atoms with van der Waals surface area (Å²) < 4.78 is 16.6. The molecule has 104 valence electrons. The molecule has 0 amide bonds. The summed E-state index contributed by atoms with van der Waals surface area (Å²) in [7, 11) is -1.28. The third-order valence-corrected chi connectivity index (χ3v) is 5.15. The highest BCUT2D eigenvalue weighted by Gasteiger charge is 2.22. The molecule has 0 spiro atoms. The van der Waals surface area contributed by atoms with Crippen LogP contribution in [0.5, 0.6) is 0 Å². The van der Waals surface area contributed by atoms with Crippen molar-refractivity contribution in [2.45, 2.75) is 25.2 Å². The van der Waals surface area contributed by atoms with Crippen LogP contribution in [0.1, 0.15) is 12.0 Å². The minimum atomic E-state index is -1.28. The normalized spacial score (nSPS) is 19.1. The maximum atomic E-state index is 5.96. The molecule has 1 aliphatic rings. The molecule has 19 heavy (non-hydrogen) atoms. The van der Waals surface area contributed by atoms with Crippen LogP contribution in [0.25, 0.3) is 0 Å². The molecule has 0 bridgehead atoms. The highest BCUT2D eigenvalue weighted by molar-refractivity contribution is 6.57. The van der Waals surface area contributed by atoms with Crippen molar-refractivity contribution in [2.75, 3.05) is 19.8 Å². The molecule has 0 radical (unpaired) electrons. The highest BCUT2D eigenvalue weighted by Crippen LogP contribution is 2.10. The molecule has 3 nitrogen and oxygen atoms in total. The molecule has 2 unspecified atom stereocenters. The fourth-order valence-corrected chi connectivity index (χ4v) is 3.33. The van der Waals surface area contributed by atoms with Gasteiger partial charge in [-0.3, -0.25) is 0 Å². The Balaban J connectivity index is 1.55. The molecule has 1 fully saturated rings. The van der Waals surface area contributed by atoms with Gasteiger partial charge in [0.25, 0.3) is 0 Å². The summed E-state index contributed by atoms with van der Waals surface area (Å²) in [5.41, 5.74) is 3.23. The second-order valence-corrected chi connectivity index (χ2v) is 7.20. The number of hydrogen-bond acceptors (Lipinski definition) is 3. The van der Waals surface area contributed by atoms with Gasteiger partial charge in [0, 0.05) is 6.61 Å². The summed E-state index contributed by atoms with van der Waals surface area (Å²) >= 11 is 0. The van der Waals surface area contributed by atoms with Gasteiger partial charge in [-0.25, -0.2) is 0 Å². The van der Waals surface area contributed by atoms with Crippen molar-refractivity contribution in [1.29, 1.82) is 0 Å². The smallest absolute Gasteiger partial charge is 0.201 e. The molecule has 1 saturated heterocycles. The van der Waals surface area contributed by atoms with Crippen LogP contribution < -0.4 is 0 Å². The molecular weight excluding hydrogens is 256 g/mol. The molecule has 0 aliphatic carbocycles. The average molecular weight is 278 g/mol. The minimum Gasteiger partial charge on any atom is -0.412 e. The van der Waals surface area contributed by atoms with Crippen molar-refractivity contribution in [3.63, 3.8) is 0 Å². The molecular formula is C15H22O3Si. The summed E-state index contributed by atoms with van der Waals surface area (Å²) in [6, 6.07) is 11.4. The quantitative estimate of drug-likeness (QED) is 0.374. The van der Waals surface area contributed by atoms with Gasteiger partial charge in [0.2, 0.25) is 9.04 Å². The highest BCUT2D eigenvalue weighted by atomic mass is 28.3. The van der Waals surface area contributed by atoms with Crippen molar-refractivity contribution >= 4 is 9.04 Å².